The highest BCUT2D eigenvalue weighted by Gasteiger charge is 2.14. The number of hydrogen-bond donors (Lipinski definition) is 1. The van der Waals surface area contributed by atoms with Gasteiger partial charge in [-0.3, -0.25) is 4.68 Å². The zero-order valence-corrected chi connectivity index (χ0v) is 13.9. The molecule has 1 aliphatic heterocycles. The van der Waals surface area contributed by atoms with Crippen LogP contribution in [-0.4, -0.2) is 22.9 Å². The molecule has 0 saturated carbocycles. The molecule has 116 valence electrons. The molecule has 1 aliphatic rings. The van der Waals surface area contributed by atoms with Gasteiger partial charge in [0, 0.05) is 23.7 Å². The minimum atomic E-state index is 0.599. The molecule has 0 radical (unpaired) electrons. The topological polar surface area (TPSA) is 39.1 Å². The summed E-state index contributed by atoms with van der Waals surface area (Å²) in [6.45, 7) is 8.44. The van der Waals surface area contributed by atoms with Crippen molar-refractivity contribution in [3.8, 4) is 5.75 Å². The van der Waals surface area contributed by atoms with Gasteiger partial charge in [0.1, 0.15) is 12.4 Å². The average molecular weight is 318 g/mol. The second-order valence-electron chi connectivity index (χ2n) is 5.49. The molecule has 3 rings (SSSR count). The van der Waals surface area contributed by atoms with Crippen molar-refractivity contribution < 1.29 is 4.74 Å². The molecule has 1 N–H and O–H groups in total. The maximum atomic E-state index is 6.05. The summed E-state index contributed by atoms with van der Waals surface area (Å²) in [5, 5.41) is 8.74. The normalized spacial score (nSPS) is 13.4. The van der Waals surface area contributed by atoms with Crippen molar-refractivity contribution in [1.82, 2.24) is 9.78 Å². The van der Waals surface area contributed by atoms with Gasteiger partial charge in [0.15, 0.2) is 0 Å². The first-order chi connectivity index (χ1) is 10.6. The molecule has 0 unspecified atom stereocenters. The molecule has 0 saturated heterocycles. The van der Waals surface area contributed by atoms with Gasteiger partial charge in [0.2, 0.25) is 0 Å². The van der Waals surface area contributed by atoms with Gasteiger partial charge in [-0.25, -0.2) is 0 Å². The minimum absolute atomic E-state index is 0.599. The molecule has 0 spiro atoms. The fraction of sp³-hybridized carbons (Fsp3) is 0.353. The number of nitrogens with one attached hydrogen (secondary N) is 1. The number of rotatable bonds is 4. The van der Waals surface area contributed by atoms with Gasteiger partial charge in [-0.15, -0.1) is 0 Å². The number of halogens is 1. The van der Waals surface area contributed by atoms with Crippen LogP contribution in [0.1, 0.15) is 23.9 Å². The zero-order valence-electron chi connectivity index (χ0n) is 13.1. The molecule has 1 aromatic heterocycles. The number of anilines is 1. The Morgan fingerprint density at radius 2 is 2.18 bits per heavy atom. The molecule has 1 aromatic carbocycles. The van der Waals surface area contributed by atoms with Gasteiger partial charge < -0.3 is 10.1 Å². The highest BCUT2D eigenvalue weighted by Crippen LogP contribution is 2.29. The van der Waals surface area contributed by atoms with E-state index in [4.69, 9.17) is 16.3 Å². The molecule has 2 heterocycles. The van der Waals surface area contributed by atoms with E-state index >= 15 is 0 Å². The molecule has 4 nitrogen and oxygen atoms in total. The Bertz CT molecular complexity index is 734. The standard InChI is InChI=1S/C17H20ClN3O/c1-4-21-12(3)17(11(2)20-21)19-9-13-7-14-8-15(18)5-6-16(14)22-10-13/h5-8,19H,4,9-10H2,1-3H3. The van der Waals surface area contributed by atoms with Crippen LogP contribution in [-0.2, 0) is 6.54 Å². The zero-order chi connectivity index (χ0) is 15.7. The summed E-state index contributed by atoms with van der Waals surface area (Å²) in [4.78, 5) is 0. The quantitative estimate of drug-likeness (QED) is 0.924. The van der Waals surface area contributed by atoms with Crippen LogP contribution in [0.5, 0.6) is 5.75 Å². The van der Waals surface area contributed by atoms with Crippen molar-refractivity contribution in [2.45, 2.75) is 27.3 Å². The largest absolute Gasteiger partial charge is 0.489 e. The maximum Gasteiger partial charge on any atom is 0.127 e. The van der Waals surface area contributed by atoms with Crippen LogP contribution in [0.25, 0.3) is 6.08 Å². The van der Waals surface area contributed by atoms with E-state index in [1.54, 1.807) is 0 Å². The summed E-state index contributed by atoms with van der Waals surface area (Å²) in [6.07, 6.45) is 2.15. The van der Waals surface area contributed by atoms with Crippen LogP contribution in [0.3, 0.4) is 0 Å². The lowest BCUT2D eigenvalue weighted by molar-refractivity contribution is 0.346. The van der Waals surface area contributed by atoms with Crippen molar-refractivity contribution in [3.63, 3.8) is 0 Å². The number of ether oxygens (including phenoxy) is 1. The fourth-order valence-electron chi connectivity index (χ4n) is 2.76. The van der Waals surface area contributed by atoms with Crippen LogP contribution < -0.4 is 10.1 Å². The number of aryl methyl sites for hydroxylation is 2. The number of hydrogen-bond acceptors (Lipinski definition) is 3. The fourth-order valence-corrected chi connectivity index (χ4v) is 2.94. The predicted octanol–water partition coefficient (Wildman–Crippen LogP) is 4.06. The van der Waals surface area contributed by atoms with Crippen LogP contribution in [0.4, 0.5) is 5.69 Å². The molecular formula is C17H20ClN3O. The Balaban J connectivity index is 1.76. The average Bonchev–Trinajstić information content (AvgIpc) is 2.78. The third-order valence-electron chi connectivity index (χ3n) is 3.92. The van der Waals surface area contributed by atoms with E-state index < -0.39 is 0 Å². The summed E-state index contributed by atoms with van der Waals surface area (Å²) in [5.41, 5.74) is 5.53. The van der Waals surface area contributed by atoms with E-state index in [0.717, 1.165) is 40.8 Å². The molecule has 0 fully saturated rings. The SMILES string of the molecule is CCn1nc(C)c(NCC2=Cc3cc(Cl)ccc3OC2)c1C. The van der Waals surface area contributed by atoms with E-state index in [2.05, 4.69) is 30.3 Å². The van der Waals surface area contributed by atoms with Gasteiger partial charge >= 0.3 is 0 Å². The van der Waals surface area contributed by atoms with E-state index in [-0.39, 0.29) is 0 Å². The Hall–Kier alpha value is -1.94. The number of benzene rings is 1. The molecule has 5 heteroatoms. The van der Waals surface area contributed by atoms with E-state index in [0.29, 0.717) is 6.61 Å². The summed E-state index contributed by atoms with van der Waals surface area (Å²) in [5.74, 6) is 0.888. The maximum absolute atomic E-state index is 6.05. The molecule has 22 heavy (non-hydrogen) atoms. The number of fused-ring (bicyclic) bond motifs is 1. The third kappa shape index (κ3) is 2.83. The third-order valence-corrected chi connectivity index (χ3v) is 4.15. The Kier molecular flexibility index (Phi) is 4.12. The molecule has 0 atom stereocenters. The monoisotopic (exact) mass is 317 g/mol. The van der Waals surface area contributed by atoms with Crippen LogP contribution in [0.2, 0.25) is 5.02 Å². The second-order valence-corrected chi connectivity index (χ2v) is 5.92. The lowest BCUT2D eigenvalue weighted by Crippen LogP contribution is -2.15. The number of aromatic nitrogens is 2. The van der Waals surface area contributed by atoms with Crippen molar-refractivity contribution in [2.24, 2.45) is 0 Å². The molecule has 0 amide bonds. The van der Waals surface area contributed by atoms with Crippen molar-refractivity contribution in [2.75, 3.05) is 18.5 Å². The smallest absolute Gasteiger partial charge is 0.127 e. The van der Waals surface area contributed by atoms with Crippen LogP contribution in [0.15, 0.2) is 23.8 Å². The second kappa shape index (κ2) is 6.05. The molecule has 2 aromatic rings. The van der Waals surface area contributed by atoms with Crippen molar-refractivity contribution >= 4 is 23.4 Å². The van der Waals surface area contributed by atoms with Crippen LogP contribution >= 0.6 is 11.6 Å². The van der Waals surface area contributed by atoms with Gasteiger partial charge in [-0.1, -0.05) is 11.6 Å². The Morgan fingerprint density at radius 1 is 1.36 bits per heavy atom. The lowest BCUT2D eigenvalue weighted by atomic mass is 10.1. The molecule has 0 aliphatic carbocycles. The van der Waals surface area contributed by atoms with Crippen molar-refractivity contribution in [3.05, 3.63) is 45.7 Å². The van der Waals surface area contributed by atoms with Gasteiger partial charge in [-0.05, 0) is 50.6 Å². The first kappa shape index (κ1) is 15.0. The van der Waals surface area contributed by atoms with E-state index in [9.17, 15) is 0 Å². The van der Waals surface area contributed by atoms with Gasteiger partial charge in [-0.2, -0.15) is 5.10 Å². The van der Waals surface area contributed by atoms with E-state index in [1.165, 1.54) is 11.3 Å². The summed E-state index contributed by atoms with van der Waals surface area (Å²) in [6, 6.07) is 5.70. The molecular weight excluding hydrogens is 298 g/mol. The van der Waals surface area contributed by atoms with Gasteiger partial charge in [0.25, 0.3) is 0 Å². The molecule has 0 bridgehead atoms. The summed E-state index contributed by atoms with van der Waals surface area (Å²) >= 11 is 6.05. The van der Waals surface area contributed by atoms with Crippen molar-refractivity contribution in [1.29, 1.82) is 0 Å². The minimum Gasteiger partial charge on any atom is -0.489 e. The van der Waals surface area contributed by atoms with Crippen LogP contribution in [0, 0.1) is 13.8 Å². The number of nitrogens with zero attached hydrogens (tertiary/aromatic N) is 2. The van der Waals surface area contributed by atoms with Gasteiger partial charge in [0.05, 0.1) is 17.1 Å². The summed E-state index contributed by atoms with van der Waals surface area (Å²) < 4.78 is 7.79. The highest BCUT2D eigenvalue weighted by molar-refractivity contribution is 6.30. The lowest BCUT2D eigenvalue weighted by Gasteiger charge is -2.19. The Labute approximate surface area is 135 Å². The summed E-state index contributed by atoms with van der Waals surface area (Å²) in [7, 11) is 0. The highest BCUT2D eigenvalue weighted by atomic mass is 35.5. The first-order valence-corrected chi connectivity index (χ1v) is 7.86. The predicted molar refractivity (Wildman–Crippen MR) is 90.8 cm³/mol. The first-order valence-electron chi connectivity index (χ1n) is 7.48. The van der Waals surface area contributed by atoms with E-state index in [1.807, 2.05) is 29.8 Å². The Morgan fingerprint density at radius 3 is 2.91 bits per heavy atom.